The fourth-order valence-corrected chi connectivity index (χ4v) is 3.61. The minimum Gasteiger partial charge on any atom is -0.284 e. The molecule has 0 fully saturated rings. The first-order valence-corrected chi connectivity index (χ1v) is 8.50. The van der Waals surface area contributed by atoms with Gasteiger partial charge in [-0.1, -0.05) is 40.2 Å². The SMILES string of the molecule is Fc1cccc(C2c3nnnn3CCN2Cc2cccc(Br)c2)c1. The summed E-state index contributed by atoms with van der Waals surface area (Å²) in [4.78, 5) is 2.28. The largest absolute Gasteiger partial charge is 0.284 e. The van der Waals surface area contributed by atoms with Crippen molar-refractivity contribution in [2.45, 2.75) is 19.1 Å². The summed E-state index contributed by atoms with van der Waals surface area (Å²) in [5.74, 6) is 0.501. The topological polar surface area (TPSA) is 46.8 Å². The maximum atomic E-state index is 13.7. The third-order valence-corrected chi connectivity index (χ3v) is 4.70. The van der Waals surface area contributed by atoms with E-state index < -0.39 is 0 Å². The molecule has 0 saturated heterocycles. The Hall–Kier alpha value is -2.12. The van der Waals surface area contributed by atoms with Gasteiger partial charge in [0.15, 0.2) is 5.82 Å². The lowest BCUT2D eigenvalue weighted by Crippen LogP contribution is -2.39. The highest BCUT2D eigenvalue weighted by atomic mass is 79.9. The lowest BCUT2D eigenvalue weighted by molar-refractivity contribution is 0.163. The molecule has 0 bridgehead atoms. The number of nitrogens with zero attached hydrogens (tertiary/aromatic N) is 5. The van der Waals surface area contributed by atoms with Crippen molar-refractivity contribution >= 4 is 15.9 Å². The predicted octanol–water partition coefficient (Wildman–Crippen LogP) is 3.18. The molecule has 1 aliphatic rings. The number of halogens is 2. The molecule has 0 saturated carbocycles. The fraction of sp³-hybridized carbons (Fsp3) is 0.235. The Kier molecular flexibility index (Phi) is 4.12. The van der Waals surface area contributed by atoms with E-state index in [1.165, 1.54) is 11.6 Å². The van der Waals surface area contributed by atoms with Crippen molar-refractivity contribution < 1.29 is 4.39 Å². The summed E-state index contributed by atoms with van der Waals surface area (Å²) in [7, 11) is 0. The van der Waals surface area contributed by atoms with Gasteiger partial charge in [0.05, 0.1) is 12.6 Å². The van der Waals surface area contributed by atoms with Crippen LogP contribution in [0.15, 0.2) is 53.0 Å². The van der Waals surface area contributed by atoms with E-state index in [-0.39, 0.29) is 11.9 Å². The molecular formula is C17H15BrFN5. The zero-order valence-corrected chi connectivity index (χ0v) is 14.4. The lowest BCUT2D eigenvalue weighted by Gasteiger charge is -2.34. The summed E-state index contributed by atoms with van der Waals surface area (Å²) in [6.07, 6.45) is 0. The van der Waals surface area contributed by atoms with Crippen molar-refractivity contribution in [1.29, 1.82) is 0 Å². The highest BCUT2D eigenvalue weighted by Gasteiger charge is 2.32. The normalized spacial score (nSPS) is 17.7. The van der Waals surface area contributed by atoms with Gasteiger partial charge in [-0.2, -0.15) is 0 Å². The van der Waals surface area contributed by atoms with Gasteiger partial charge < -0.3 is 0 Å². The van der Waals surface area contributed by atoms with E-state index in [1.54, 1.807) is 16.8 Å². The maximum absolute atomic E-state index is 13.7. The molecule has 1 atom stereocenters. The number of tetrazole rings is 1. The monoisotopic (exact) mass is 387 g/mol. The average Bonchev–Trinajstić information content (AvgIpc) is 3.03. The van der Waals surface area contributed by atoms with E-state index in [0.717, 1.165) is 35.5 Å². The molecule has 0 radical (unpaired) electrons. The number of aromatic nitrogens is 4. The first-order valence-electron chi connectivity index (χ1n) is 7.71. The van der Waals surface area contributed by atoms with Crippen LogP contribution in [-0.2, 0) is 13.1 Å². The van der Waals surface area contributed by atoms with Crippen molar-refractivity contribution in [2.24, 2.45) is 0 Å². The van der Waals surface area contributed by atoms with Crippen LogP contribution in [0.2, 0.25) is 0 Å². The molecule has 24 heavy (non-hydrogen) atoms. The quantitative estimate of drug-likeness (QED) is 0.692. The van der Waals surface area contributed by atoms with Crippen molar-refractivity contribution in [2.75, 3.05) is 6.54 Å². The van der Waals surface area contributed by atoms with Gasteiger partial charge in [-0.05, 0) is 45.8 Å². The molecule has 5 nitrogen and oxygen atoms in total. The van der Waals surface area contributed by atoms with Crippen LogP contribution in [0.25, 0.3) is 0 Å². The molecule has 1 unspecified atom stereocenters. The highest BCUT2D eigenvalue weighted by molar-refractivity contribution is 9.10. The van der Waals surface area contributed by atoms with E-state index in [4.69, 9.17) is 0 Å². The van der Waals surface area contributed by atoms with Gasteiger partial charge in [0, 0.05) is 17.6 Å². The average molecular weight is 388 g/mol. The molecule has 2 heterocycles. The van der Waals surface area contributed by atoms with Crippen LogP contribution < -0.4 is 0 Å². The van der Waals surface area contributed by atoms with Crippen LogP contribution in [0.1, 0.15) is 23.0 Å². The van der Waals surface area contributed by atoms with Crippen LogP contribution in [0, 0.1) is 5.82 Å². The van der Waals surface area contributed by atoms with Gasteiger partial charge in [-0.25, -0.2) is 9.07 Å². The second-order valence-corrected chi connectivity index (χ2v) is 6.73. The molecule has 0 amide bonds. The Balaban J connectivity index is 1.72. The van der Waals surface area contributed by atoms with Crippen molar-refractivity contribution in [1.82, 2.24) is 25.1 Å². The minimum absolute atomic E-state index is 0.163. The third kappa shape index (κ3) is 2.97. The molecule has 0 N–H and O–H groups in total. The lowest BCUT2D eigenvalue weighted by atomic mass is 10.0. The Morgan fingerprint density at radius 2 is 2.00 bits per heavy atom. The zero-order chi connectivity index (χ0) is 16.5. The summed E-state index contributed by atoms with van der Waals surface area (Å²) in [6, 6.07) is 14.7. The zero-order valence-electron chi connectivity index (χ0n) is 12.8. The molecule has 122 valence electrons. The molecular weight excluding hydrogens is 373 g/mol. The van der Waals surface area contributed by atoms with E-state index in [9.17, 15) is 4.39 Å². The number of rotatable bonds is 3. The van der Waals surface area contributed by atoms with E-state index in [1.807, 2.05) is 18.2 Å². The standard InChI is InChI=1S/C17H15BrFN5/c18-14-5-1-3-12(9-14)11-23-7-8-24-17(20-21-22-24)16(23)13-4-2-6-15(19)10-13/h1-6,9-10,16H,7-8,11H2. The van der Waals surface area contributed by atoms with E-state index >= 15 is 0 Å². The van der Waals surface area contributed by atoms with Gasteiger partial charge in [0.25, 0.3) is 0 Å². The predicted molar refractivity (Wildman–Crippen MR) is 90.6 cm³/mol. The van der Waals surface area contributed by atoms with Gasteiger partial charge in [-0.15, -0.1) is 5.10 Å². The van der Waals surface area contributed by atoms with E-state index in [2.05, 4.69) is 48.5 Å². The first kappa shape index (κ1) is 15.4. The maximum Gasteiger partial charge on any atom is 0.173 e. The Morgan fingerprint density at radius 3 is 2.83 bits per heavy atom. The van der Waals surface area contributed by atoms with E-state index in [0.29, 0.717) is 0 Å². The second kappa shape index (κ2) is 6.41. The summed E-state index contributed by atoms with van der Waals surface area (Å²) in [5, 5.41) is 12.0. The van der Waals surface area contributed by atoms with Gasteiger partial charge in [0.2, 0.25) is 0 Å². The number of fused-ring (bicyclic) bond motifs is 1. The van der Waals surface area contributed by atoms with Crippen LogP contribution in [-0.4, -0.2) is 31.7 Å². The molecule has 1 aliphatic heterocycles. The molecule has 0 spiro atoms. The molecule has 2 aromatic carbocycles. The summed E-state index contributed by atoms with van der Waals surface area (Å²) < 4.78 is 16.6. The minimum atomic E-state index is -0.250. The first-order chi connectivity index (χ1) is 11.7. The van der Waals surface area contributed by atoms with Crippen LogP contribution in [0.3, 0.4) is 0 Å². The molecule has 3 aromatic rings. The number of benzene rings is 2. The molecule has 1 aromatic heterocycles. The third-order valence-electron chi connectivity index (χ3n) is 4.21. The van der Waals surface area contributed by atoms with Gasteiger partial charge >= 0.3 is 0 Å². The fourth-order valence-electron chi connectivity index (χ4n) is 3.16. The Bertz CT molecular complexity index is 865. The smallest absolute Gasteiger partial charge is 0.173 e. The Morgan fingerprint density at radius 1 is 1.12 bits per heavy atom. The summed E-state index contributed by atoms with van der Waals surface area (Å²) in [6.45, 7) is 2.27. The second-order valence-electron chi connectivity index (χ2n) is 5.82. The molecule has 0 aliphatic carbocycles. The number of hydrogen-bond acceptors (Lipinski definition) is 4. The van der Waals surface area contributed by atoms with Gasteiger partial charge in [0.1, 0.15) is 5.82 Å². The summed E-state index contributed by atoms with van der Waals surface area (Å²) in [5.41, 5.74) is 2.05. The van der Waals surface area contributed by atoms with Crippen LogP contribution in [0.5, 0.6) is 0 Å². The van der Waals surface area contributed by atoms with Gasteiger partial charge in [-0.3, -0.25) is 4.90 Å². The van der Waals surface area contributed by atoms with Crippen LogP contribution >= 0.6 is 15.9 Å². The number of hydrogen-bond donors (Lipinski definition) is 0. The highest BCUT2D eigenvalue weighted by Crippen LogP contribution is 2.31. The van der Waals surface area contributed by atoms with Crippen molar-refractivity contribution in [3.8, 4) is 0 Å². The van der Waals surface area contributed by atoms with Crippen LogP contribution in [0.4, 0.5) is 4.39 Å². The Labute approximate surface area is 147 Å². The molecule has 7 heteroatoms. The van der Waals surface area contributed by atoms with Crippen molar-refractivity contribution in [3.63, 3.8) is 0 Å². The molecule has 4 rings (SSSR count). The van der Waals surface area contributed by atoms with Crippen molar-refractivity contribution in [3.05, 3.63) is 75.8 Å². The summed E-state index contributed by atoms with van der Waals surface area (Å²) >= 11 is 3.51.